The Bertz CT molecular complexity index is 562. The summed E-state index contributed by atoms with van der Waals surface area (Å²) in [6, 6.07) is 0.334. The van der Waals surface area contributed by atoms with Crippen molar-refractivity contribution in [1.29, 1.82) is 0 Å². The molecule has 0 bridgehead atoms. The summed E-state index contributed by atoms with van der Waals surface area (Å²) in [6.07, 6.45) is 3.85. The highest BCUT2D eigenvalue weighted by Crippen LogP contribution is 2.37. The van der Waals surface area contributed by atoms with Gasteiger partial charge in [-0.3, -0.25) is 13.9 Å². The van der Waals surface area contributed by atoms with Gasteiger partial charge in [-0.1, -0.05) is 0 Å². The molecule has 0 saturated heterocycles. The number of nitrogen functional groups attached to an aromatic ring is 1. The molecule has 1 aromatic rings. The van der Waals surface area contributed by atoms with Crippen LogP contribution in [0.25, 0.3) is 0 Å². The van der Waals surface area contributed by atoms with Crippen LogP contribution in [0.15, 0.2) is 9.59 Å². The van der Waals surface area contributed by atoms with E-state index in [2.05, 4.69) is 0 Å². The average Bonchev–Trinajstić information content (AvgIpc) is 3.06. The Balaban J connectivity index is 2.33. The molecule has 1 aromatic heterocycles. The molecule has 0 amide bonds. The number of rotatable bonds is 2. The summed E-state index contributed by atoms with van der Waals surface area (Å²) in [5.74, 6) is 0.356. The SMILES string of the molecule is Cc1c(N)n(C2CC2)c(=O)n(C2CC2)c1=O. The van der Waals surface area contributed by atoms with Gasteiger partial charge in [-0.2, -0.15) is 0 Å². The topological polar surface area (TPSA) is 70.0 Å². The molecule has 0 aromatic carbocycles. The molecule has 5 heteroatoms. The van der Waals surface area contributed by atoms with E-state index in [0.29, 0.717) is 11.4 Å². The van der Waals surface area contributed by atoms with Crippen LogP contribution in [0.4, 0.5) is 5.82 Å². The molecule has 0 unspecified atom stereocenters. The van der Waals surface area contributed by atoms with Crippen molar-refractivity contribution in [3.8, 4) is 0 Å². The van der Waals surface area contributed by atoms with Crippen molar-refractivity contribution in [3.63, 3.8) is 0 Å². The van der Waals surface area contributed by atoms with Gasteiger partial charge < -0.3 is 5.73 Å². The van der Waals surface area contributed by atoms with Gasteiger partial charge in [0.1, 0.15) is 5.82 Å². The maximum Gasteiger partial charge on any atom is 0.333 e. The largest absolute Gasteiger partial charge is 0.385 e. The van der Waals surface area contributed by atoms with Gasteiger partial charge in [-0.05, 0) is 32.6 Å². The van der Waals surface area contributed by atoms with Crippen molar-refractivity contribution in [2.75, 3.05) is 5.73 Å². The first kappa shape index (κ1) is 9.69. The highest BCUT2D eigenvalue weighted by Gasteiger charge is 2.33. The Morgan fingerprint density at radius 3 is 2.06 bits per heavy atom. The second-order valence-electron chi connectivity index (χ2n) is 4.80. The number of aromatic nitrogens is 2. The zero-order valence-electron chi connectivity index (χ0n) is 9.27. The number of hydrogen-bond acceptors (Lipinski definition) is 3. The predicted octanol–water partition coefficient (Wildman–Crippen LogP) is 0.570. The van der Waals surface area contributed by atoms with Crippen LogP contribution < -0.4 is 17.0 Å². The van der Waals surface area contributed by atoms with E-state index < -0.39 is 0 Å². The highest BCUT2D eigenvalue weighted by molar-refractivity contribution is 5.38. The van der Waals surface area contributed by atoms with Gasteiger partial charge >= 0.3 is 5.69 Å². The van der Waals surface area contributed by atoms with E-state index in [1.165, 1.54) is 4.57 Å². The molecule has 0 aliphatic heterocycles. The number of nitrogens with two attached hydrogens (primary N) is 1. The summed E-state index contributed by atoms with van der Waals surface area (Å²) in [5.41, 5.74) is 5.96. The third-order valence-corrected chi connectivity index (χ3v) is 3.42. The quantitative estimate of drug-likeness (QED) is 0.793. The van der Waals surface area contributed by atoms with Gasteiger partial charge in [-0.15, -0.1) is 0 Å². The standard InChI is InChI=1S/C11H15N3O2/c1-6-9(12)13(7-2-3-7)11(16)14(10(6)15)8-4-5-8/h7-8H,2-5,12H2,1H3. The van der Waals surface area contributed by atoms with Crippen LogP contribution in [-0.2, 0) is 0 Å². The van der Waals surface area contributed by atoms with E-state index >= 15 is 0 Å². The molecule has 0 radical (unpaired) electrons. The number of nitrogens with zero attached hydrogens (tertiary/aromatic N) is 2. The van der Waals surface area contributed by atoms with Crippen LogP contribution in [0.5, 0.6) is 0 Å². The normalized spacial score (nSPS) is 20.1. The monoisotopic (exact) mass is 221 g/mol. The summed E-state index contributed by atoms with van der Waals surface area (Å²) < 4.78 is 3.00. The van der Waals surface area contributed by atoms with Crippen molar-refractivity contribution >= 4 is 5.82 Å². The van der Waals surface area contributed by atoms with Gasteiger partial charge in [0, 0.05) is 12.1 Å². The van der Waals surface area contributed by atoms with Crippen molar-refractivity contribution in [3.05, 3.63) is 26.4 Å². The van der Waals surface area contributed by atoms with Crippen LogP contribution in [0.1, 0.15) is 43.3 Å². The third kappa shape index (κ3) is 1.24. The zero-order valence-corrected chi connectivity index (χ0v) is 9.27. The van der Waals surface area contributed by atoms with E-state index in [0.717, 1.165) is 25.7 Å². The molecular formula is C11H15N3O2. The lowest BCUT2D eigenvalue weighted by molar-refractivity contribution is 0.571. The second-order valence-corrected chi connectivity index (χ2v) is 4.80. The zero-order chi connectivity index (χ0) is 11.4. The predicted molar refractivity (Wildman–Crippen MR) is 60.7 cm³/mol. The lowest BCUT2D eigenvalue weighted by atomic mass is 10.3. The van der Waals surface area contributed by atoms with E-state index in [4.69, 9.17) is 5.73 Å². The summed E-state index contributed by atoms with van der Waals surface area (Å²) in [6.45, 7) is 1.70. The molecule has 2 aliphatic carbocycles. The minimum Gasteiger partial charge on any atom is -0.385 e. The molecule has 2 fully saturated rings. The molecule has 2 aliphatic rings. The van der Waals surface area contributed by atoms with Crippen LogP contribution in [-0.4, -0.2) is 9.13 Å². The number of anilines is 1. The Labute approximate surface area is 92.5 Å². The van der Waals surface area contributed by atoms with E-state index in [1.54, 1.807) is 11.5 Å². The summed E-state index contributed by atoms with van der Waals surface area (Å²) >= 11 is 0. The molecular weight excluding hydrogens is 206 g/mol. The second kappa shape index (κ2) is 2.99. The van der Waals surface area contributed by atoms with E-state index in [9.17, 15) is 9.59 Å². The Hall–Kier alpha value is -1.52. The van der Waals surface area contributed by atoms with Crippen LogP contribution in [0.2, 0.25) is 0 Å². The molecule has 16 heavy (non-hydrogen) atoms. The smallest absolute Gasteiger partial charge is 0.333 e. The van der Waals surface area contributed by atoms with Crippen molar-refractivity contribution in [2.24, 2.45) is 0 Å². The summed E-state index contributed by atoms with van der Waals surface area (Å²) in [7, 11) is 0. The lowest BCUT2D eigenvalue weighted by Crippen LogP contribution is -2.41. The van der Waals surface area contributed by atoms with Gasteiger partial charge in [-0.25, -0.2) is 4.79 Å². The van der Waals surface area contributed by atoms with E-state index in [-0.39, 0.29) is 23.3 Å². The van der Waals surface area contributed by atoms with Crippen molar-refractivity contribution in [2.45, 2.75) is 44.7 Å². The molecule has 1 heterocycles. The van der Waals surface area contributed by atoms with Crippen LogP contribution in [0.3, 0.4) is 0 Å². The molecule has 0 atom stereocenters. The maximum absolute atomic E-state index is 12.2. The fourth-order valence-electron chi connectivity index (χ4n) is 2.12. The minimum absolute atomic E-state index is 0.115. The van der Waals surface area contributed by atoms with Crippen LogP contribution >= 0.6 is 0 Å². The van der Waals surface area contributed by atoms with Gasteiger partial charge in [0.05, 0.1) is 5.56 Å². The minimum atomic E-state index is -0.210. The van der Waals surface area contributed by atoms with E-state index in [1.807, 2.05) is 0 Å². The van der Waals surface area contributed by atoms with Crippen molar-refractivity contribution < 1.29 is 0 Å². The average molecular weight is 221 g/mol. The first-order valence-electron chi connectivity index (χ1n) is 5.74. The van der Waals surface area contributed by atoms with Gasteiger partial charge in [0.25, 0.3) is 5.56 Å². The molecule has 0 spiro atoms. The lowest BCUT2D eigenvalue weighted by Gasteiger charge is -2.13. The Morgan fingerprint density at radius 1 is 1.06 bits per heavy atom. The highest BCUT2D eigenvalue weighted by atomic mass is 16.2. The molecule has 86 valence electrons. The summed E-state index contributed by atoms with van der Waals surface area (Å²) in [4.78, 5) is 24.1. The maximum atomic E-state index is 12.2. The third-order valence-electron chi connectivity index (χ3n) is 3.42. The first-order valence-corrected chi connectivity index (χ1v) is 5.74. The Morgan fingerprint density at radius 2 is 1.56 bits per heavy atom. The molecule has 3 rings (SSSR count). The number of hydrogen-bond donors (Lipinski definition) is 1. The van der Waals surface area contributed by atoms with Gasteiger partial charge in [0.2, 0.25) is 0 Å². The fraction of sp³-hybridized carbons (Fsp3) is 0.636. The molecule has 2 saturated carbocycles. The first-order chi connectivity index (χ1) is 7.61. The molecule has 2 N–H and O–H groups in total. The van der Waals surface area contributed by atoms with Crippen LogP contribution in [0, 0.1) is 6.92 Å². The summed E-state index contributed by atoms with van der Waals surface area (Å²) in [5, 5.41) is 0. The van der Waals surface area contributed by atoms with Gasteiger partial charge in [0.15, 0.2) is 0 Å². The van der Waals surface area contributed by atoms with Crippen molar-refractivity contribution in [1.82, 2.24) is 9.13 Å². The Kier molecular flexibility index (Phi) is 1.81. The fourth-order valence-corrected chi connectivity index (χ4v) is 2.12. The molecule has 5 nitrogen and oxygen atoms in total.